The predicted molar refractivity (Wildman–Crippen MR) is 47.2 cm³/mol. The highest BCUT2D eigenvalue weighted by Crippen LogP contribution is 2.28. The van der Waals surface area contributed by atoms with Gasteiger partial charge in [-0.05, 0) is 6.42 Å². The molecule has 1 N–H and O–H groups in total. The van der Waals surface area contributed by atoms with Crippen LogP contribution in [0.3, 0.4) is 0 Å². The summed E-state index contributed by atoms with van der Waals surface area (Å²) in [5, 5.41) is 9.11. The lowest BCUT2D eigenvalue weighted by Crippen LogP contribution is -2.14. The second kappa shape index (κ2) is 3.05. The van der Waals surface area contributed by atoms with Crippen LogP contribution in [0.4, 0.5) is 0 Å². The van der Waals surface area contributed by atoms with E-state index in [1.165, 1.54) is 0 Å². The van der Waals surface area contributed by atoms with Gasteiger partial charge in [0.05, 0.1) is 6.10 Å². The average molecular weight is 150 g/mol. The normalized spacial score (nSPS) is 35.6. The van der Waals surface area contributed by atoms with E-state index < -0.39 is 6.10 Å². The van der Waals surface area contributed by atoms with E-state index in [2.05, 4.69) is 13.5 Å². The summed E-state index contributed by atoms with van der Waals surface area (Å²) in [5.74, 6) is 0. The minimum Gasteiger partial charge on any atom is -0.385 e. The number of hydrogen-bond donors (Lipinski definition) is 1. The zero-order valence-electron chi connectivity index (χ0n) is 6.83. The van der Waals surface area contributed by atoms with Gasteiger partial charge in [0, 0.05) is 5.41 Å². The van der Waals surface area contributed by atoms with E-state index in [-0.39, 0.29) is 5.41 Å². The molecule has 0 spiro atoms. The molecule has 1 rings (SSSR count). The van der Waals surface area contributed by atoms with E-state index in [0.29, 0.717) is 0 Å². The molecule has 1 aliphatic rings. The molecular weight excluding hydrogens is 136 g/mol. The van der Waals surface area contributed by atoms with Gasteiger partial charge in [0.25, 0.3) is 0 Å². The number of rotatable bonds is 2. The third-order valence-electron chi connectivity index (χ3n) is 1.93. The van der Waals surface area contributed by atoms with Crippen LogP contribution in [0, 0.1) is 5.41 Å². The lowest BCUT2D eigenvalue weighted by atomic mass is 9.83. The van der Waals surface area contributed by atoms with E-state index in [0.717, 1.165) is 6.42 Å². The SMILES string of the molecule is C=CCC1(C)C=CC(O)C=C1. The molecule has 0 saturated carbocycles. The first-order valence-electron chi connectivity index (χ1n) is 3.84. The van der Waals surface area contributed by atoms with E-state index in [9.17, 15) is 0 Å². The lowest BCUT2D eigenvalue weighted by molar-refractivity contribution is 0.264. The van der Waals surface area contributed by atoms with Crippen LogP contribution in [-0.4, -0.2) is 11.2 Å². The Kier molecular flexibility index (Phi) is 2.30. The Morgan fingerprint density at radius 3 is 2.55 bits per heavy atom. The van der Waals surface area contributed by atoms with Crippen molar-refractivity contribution in [2.75, 3.05) is 0 Å². The van der Waals surface area contributed by atoms with Crippen LogP contribution < -0.4 is 0 Å². The molecule has 0 radical (unpaired) electrons. The fraction of sp³-hybridized carbons (Fsp3) is 0.400. The summed E-state index contributed by atoms with van der Waals surface area (Å²) in [6, 6.07) is 0. The molecule has 0 heterocycles. The van der Waals surface area contributed by atoms with Crippen molar-refractivity contribution in [2.24, 2.45) is 5.41 Å². The van der Waals surface area contributed by atoms with Crippen molar-refractivity contribution in [3.63, 3.8) is 0 Å². The van der Waals surface area contributed by atoms with Crippen LogP contribution in [0.5, 0.6) is 0 Å². The molecular formula is C10H14O. The second-order valence-corrected chi connectivity index (χ2v) is 3.21. The Morgan fingerprint density at radius 1 is 1.55 bits per heavy atom. The van der Waals surface area contributed by atoms with Crippen LogP contribution >= 0.6 is 0 Å². The minimum atomic E-state index is -0.395. The third kappa shape index (κ3) is 2.05. The topological polar surface area (TPSA) is 20.2 Å². The van der Waals surface area contributed by atoms with E-state index >= 15 is 0 Å². The first-order valence-corrected chi connectivity index (χ1v) is 3.84. The van der Waals surface area contributed by atoms with Gasteiger partial charge in [-0.25, -0.2) is 0 Å². The van der Waals surface area contributed by atoms with Crippen LogP contribution in [0.2, 0.25) is 0 Å². The van der Waals surface area contributed by atoms with Crippen LogP contribution in [-0.2, 0) is 0 Å². The fourth-order valence-corrected chi connectivity index (χ4v) is 1.20. The summed E-state index contributed by atoms with van der Waals surface area (Å²) in [5.41, 5.74) is 0.0704. The molecule has 1 heteroatoms. The van der Waals surface area contributed by atoms with Crippen molar-refractivity contribution < 1.29 is 5.11 Å². The molecule has 11 heavy (non-hydrogen) atoms. The van der Waals surface area contributed by atoms with Crippen molar-refractivity contribution in [1.82, 2.24) is 0 Å². The molecule has 0 aromatic rings. The number of hydrogen-bond acceptors (Lipinski definition) is 1. The highest BCUT2D eigenvalue weighted by Gasteiger charge is 2.18. The van der Waals surface area contributed by atoms with Crippen molar-refractivity contribution in [2.45, 2.75) is 19.4 Å². The molecule has 0 atom stereocenters. The maximum absolute atomic E-state index is 9.11. The highest BCUT2D eigenvalue weighted by atomic mass is 16.3. The largest absolute Gasteiger partial charge is 0.385 e. The summed E-state index contributed by atoms with van der Waals surface area (Å²) in [4.78, 5) is 0. The zero-order valence-corrected chi connectivity index (χ0v) is 6.83. The molecule has 0 aliphatic heterocycles. The van der Waals surface area contributed by atoms with Gasteiger partial charge in [-0.3, -0.25) is 0 Å². The Labute approximate surface area is 67.7 Å². The van der Waals surface area contributed by atoms with Gasteiger partial charge in [-0.1, -0.05) is 37.3 Å². The Hall–Kier alpha value is -0.820. The molecule has 0 amide bonds. The number of allylic oxidation sites excluding steroid dienone is 3. The smallest absolute Gasteiger partial charge is 0.0903 e. The first-order chi connectivity index (χ1) is 5.16. The minimum absolute atomic E-state index is 0.0704. The van der Waals surface area contributed by atoms with E-state index in [4.69, 9.17) is 5.11 Å². The van der Waals surface area contributed by atoms with Crippen molar-refractivity contribution >= 4 is 0 Å². The van der Waals surface area contributed by atoms with E-state index in [1.807, 2.05) is 30.4 Å². The summed E-state index contributed by atoms with van der Waals surface area (Å²) >= 11 is 0. The predicted octanol–water partition coefficient (Wildman–Crippen LogP) is 2.06. The van der Waals surface area contributed by atoms with Crippen molar-refractivity contribution in [1.29, 1.82) is 0 Å². The van der Waals surface area contributed by atoms with Crippen LogP contribution in [0.25, 0.3) is 0 Å². The van der Waals surface area contributed by atoms with Gasteiger partial charge < -0.3 is 5.11 Å². The van der Waals surface area contributed by atoms with Gasteiger partial charge in [0.2, 0.25) is 0 Å². The summed E-state index contributed by atoms with van der Waals surface area (Å²) in [7, 11) is 0. The van der Waals surface area contributed by atoms with Gasteiger partial charge in [-0.15, -0.1) is 6.58 Å². The molecule has 60 valence electrons. The molecule has 0 bridgehead atoms. The lowest BCUT2D eigenvalue weighted by Gasteiger charge is -2.23. The van der Waals surface area contributed by atoms with E-state index in [1.54, 1.807) is 0 Å². The van der Waals surface area contributed by atoms with Crippen molar-refractivity contribution in [3.8, 4) is 0 Å². The van der Waals surface area contributed by atoms with Crippen molar-refractivity contribution in [3.05, 3.63) is 37.0 Å². The zero-order chi connectivity index (χ0) is 8.32. The number of aliphatic hydroxyl groups is 1. The molecule has 0 aromatic carbocycles. The quantitative estimate of drug-likeness (QED) is 0.597. The van der Waals surface area contributed by atoms with Crippen LogP contribution in [0.15, 0.2) is 37.0 Å². The summed E-state index contributed by atoms with van der Waals surface area (Å²) < 4.78 is 0. The Morgan fingerprint density at radius 2 is 2.09 bits per heavy atom. The van der Waals surface area contributed by atoms with Gasteiger partial charge >= 0.3 is 0 Å². The fourth-order valence-electron chi connectivity index (χ4n) is 1.20. The average Bonchev–Trinajstić information content (AvgIpc) is 1.97. The molecule has 1 aliphatic carbocycles. The molecule has 1 nitrogen and oxygen atoms in total. The van der Waals surface area contributed by atoms with Crippen LogP contribution in [0.1, 0.15) is 13.3 Å². The summed E-state index contributed by atoms with van der Waals surface area (Å²) in [6.07, 6.45) is 10.1. The summed E-state index contributed by atoms with van der Waals surface area (Å²) in [6.45, 7) is 5.81. The molecule has 0 fully saturated rings. The maximum atomic E-state index is 9.11. The van der Waals surface area contributed by atoms with Gasteiger partial charge in [0.1, 0.15) is 0 Å². The van der Waals surface area contributed by atoms with Gasteiger partial charge in [-0.2, -0.15) is 0 Å². The Balaban J connectivity index is 2.68. The second-order valence-electron chi connectivity index (χ2n) is 3.21. The molecule has 0 unspecified atom stereocenters. The van der Waals surface area contributed by atoms with Gasteiger partial charge in [0.15, 0.2) is 0 Å². The highest BCUT2D eigenvalue weighted by molar-refractivity contribution is 5.21. The first kappa shape index (κ1) is 8.28. The molecule has 0 aromatic heterocycles. The monoisotopic (exact) mass is 150 g/mol. The molecule has 0 saturated heterocycles. The standard InChI is InChI=1S/C10H14O/c1-3-6-10(2)7-4-9(11)5-8-10/h3-5,7-9,11H,1,6H2,2H3. The third-order valence-corrected chi connectivity index (χ3v) is 1.93. The number of aliphatic hydroxyl groups excluding tert-OH is 1. The maximum Gasteiger partial charge on any atom is 0.0903 e. The Bertz CT molecular complexity index is 187.